The molecule has 2 aromatic rings. The highest BCUT2D eigenvalue weighted by atomic mass is 16.5. The Morgan fingerprint density at radius 1 is 1.17 bits per heavy atom. The van der Waals surface area contributed by atoms with E-state index in [1.807, 2.05) is 41.3 Å². The molecule has 2 rings (SSSR count). The Balaban J connectivity index is 2.43. The number of anilines is 2. The van der Waals surface area contributed by atoms with Crippen molar-refractivity contribution in [2.24, 2.45) is 4.99 Å². The fourth-order valence-corrected chi connectivity index (χ4v) is 2.19. The summed E-state index contributed by atoms with van der Waals surface area (Å²) >= 11 is 0. The quantitative estimate of drug-likeness (QED) is 0.464. The molecule has 0 amide bonds. The van der Waals surface area contributed by atoms with Crippen molar-refractivity contribution in [1.82, 2.24) is 0 Å². The highest BCUT2D eigenvalue weighted by molar-refractivity contribution is 5.95. The zero-order valence-electron chi connectivity index (χ0n) is 13.5. The maximum Gasteiger partial charge on any atom is 0.341 e. The van der Waals surface area contributed by atoms with E-state index in [0.717, 1.165) is 11.4 Å². The van der Waals surface area contributed by atoms with Crippen LogP contribution < -0.4 is 9.64 Å². The van der Waals surface area contributed by atoms with E-state index in [1.54, 1.807) is 32.4 Å². The van der Waals surface area contributed by atoms with Crippen LogP contribution in [-0.4, -0.2) is 33.1 Å². The highest BCUT2D eigenvalue weighted by Gasteiger charge is 2.16. The third kappa shape index (κ3) is 3.88. The van der Waals surface area contributed by atoms with Crippen LogP contribution in [0.15, 0.2) is 53.5 Å². The SMILES string of the molecule is CCOC(=O)c1ccc(N(C=NC)c2ccccc2)cc1OC. The minimum atomic E-state index is -0.397. The maximum atomic E-state index is 12.0. The monoisotopic (exact) mass is 312 g/mol. The Kier molecular flexibility index (Phi) is 5.74. The van der Waals surface area contributed by atoms with Crippen LogP contribution in [0.2, 0.25) is 0 Å². The van der Waals surface area contributed by atoms with Crippen molar-refractivity contribution in [3.05, 3.63) is 54.1 Å². The first-order valence-corrected chi connectivity index (χ1v) is 7.33. The van der Waals surface area contributed by atoms with Gasteiger partial charge in [-0.15, -0.1) is 0 Å². The average Bonchev–Trinajstić information content (AvgIpc) is 2.60. The molecule has 0 saturated heterocycles. The van der Waals surface area contributed by atoms with E-state index in [4.69, 9.17) is 9.47 Å². The first kappa shape index (κ1) is 16.5. The van der Waals surface area contributed by atoms with Crippen molar-refractivity contribution in [3.8, 4) is 5.75 Å². The standard InChI is InChI=1S/C18H20N2O3/c1-4-23-18(21)16-11-10-15(12-17(16)22-3)20(13-19-2)14-8-6-5-7-9-14/h5-13H,4H2,1-3H3. The van der Waals surface area contributed by atoms with Crippen LogP contribution in [0.4, 0.5) is 11.4 Å². The lowest BCUT2D eigenvalue weighted by Crippen LogP contribution is -2.15. The van der Waals surface area contributed by atoms with E-state index < -0.39 is 5.97 Å². The van der Waals surface area contributed by atoms with Gasteiger partial charge >= 0.3 is 5.97 Å². The van der Waals surface area contributed by atoms with Crippen molar-refractivity contribution in [2.75, 3.05) is 25.7 Å². The number of hydrogen-bond donors (Lipinski definition) is 0. The molecule has 0 atom stereocenters. The maximum absolute atomic E-state index is 12.0. The molecule has 0 spiro atoms. The molecule has 0 saturated carbocycles. The minimum Gasteiger partial charge on any atom is -0.496 e. The molecule has 0 heterocycles. The molecular weight excluding hydrogens is 292 g/mol. The van der Waals surface area contributed by atoms with Gasteiger partial charge in [-0.2, -0.15) is 0 Å². The summed E-state index contributed by atoms with van der Waals surface area (Å²) in [7, 11) is 3.24. The van der Waals surface area contributed by atoms with Crippen LogP contribution in [0.1, 0.15) is 17.3 Å². The number of nitrogens with zero attached hydrogens (tertiary/aromatic N) is 2. The van der Waals surface area contributed by atoms with Crippen molar-refractivity contribution < 1.29 is 14.3 Å². The lowest BCUT2D eigenvalue weighted by Gasteiger charge is -2.21. The second-order valence-electron chi connectivity index (χ2n) is 4.68. The first-order valence-electron chi connectivity index (χ1n) is 7.33. The van der Waals surface area contributed by atoms with Gasteiger partial charge in [0.15, 0.2) is 0 Å². The van der Waals surface area contributed by atoms with E-state index in [-0.39, 0.29) is 0 Å². The van der Waals surface area contributed by atoms with Crippen LogP contribution in [0.25, 0.3) is 0 Å². The van der Waals surface area contributed by atoms with Gasteiger partial charge in [0.2, 0.25) is 0 Å². The molecule has 0 N–H and O–H groups in total. The number of rotatable bonds is 6. The van der Waals surface area contributed by atoms with Crippen molar-refractivity contribution in [1.29, 1.82) is 0 Å². The van der Waals surface area contributed by atoms with E-state index in [2.05, 4.69) is 4.99 Å². The van der Waals surface area contributed by atoms with Gasteiger partial charge in [-0.3, -0.25) is 4.99 Å². The number of methoxy groups -OCH3 is 1. The lowest BCUT2D eigenvalue weighted by atomic mass is 10.1. The summed E-state index contributed by atoms with van der Waals surface area (Å²) in [6.45, 7) is 2.09. The van der Waals surface area contributed by atoms with Gasteiger partial charge in [0, 0.05) is 18.8 Å². The van der Waals surface area contributed by atoms with Gasteiger partial charge in [-0.1, -0.05) is 18.2 Å². The predicted octanol–water partition coefficient (Wildman–Crippen LogP) is 3.67. The molecule has 0 bridgehead atoms. The molecule has 23 heavy (non-hydrogen) atoms. The predicted molar refractivity (Wildman–Crippen MR) is 91.9 cm³/mol. The fourth-order valence-electron chi connectivity index (χ4n) is 2.19. The second kappa shape index (κ2) is 7.98. The Labute approximate surface area is 136 Å². The molecule has 0 aromatic heterocycles. The molecule has 120 valence electrons. The molecule has 2 aromatic carbocycles. The van der Waals surface area contributed by atoms with Gasteiger partial charge in [0.1, 0.15) is 11.3 Å². The molecule has 0 aliphatic carbocycles. The Morgan fingerprint density at radius 3 is 2.52 bits per heavy atom. The molecule has 5 heteroatoms. The number of carbonyl (C=O) groups excluding carboxylic acids is 1. The summed E-state index contributed by atoms with van der Waals surface area (Å²) in [6.07, 6.45) is 1.72. The van der Waals surface area contributed by atoms with Crippen LogP contribution in [-0.2, 0) is 4.74 Å². The van der Waals surface area contributed by atoms with Crippen molar-refractivity contribution in [2.45, 2.75) is 6.92 Å². The average molecular weight is 312 g/mol. The van der Waals surface area contributed by atoms with Crippen molar-refractivity contribution >= 4 is 23.7 Å². The smallest absolute Gasteiger partial charge is 0.341 e. The molecular formula is C18H20N2O3. The molecule has 0 radical (unpaired) electrons. The number of carbonyl (C=O) groups is 1. The third-order valence-electron chi connectivity index (χ3n) is 3.22. The Hall–Kier alpha value is -2.82. The largest absolute Gasteiger partial charge is 0.496 e. The van der Waals surface area contributed by atoms with E-state index >= 15 is 0 Å². The number of ether oxygens (including phenoxy) is 2. The van der Waals surface area contributed by atoms with Gasteiger partial charge < -0.3 is 14.4 Å². The summed E-state index contributed by atoms with van der Waals surface area (Å²) in [6, 6.07) is 15.2. The summed E-state index contributed by atoms with van der Waals surface area (Å²) < 4.78 is 10.4. The first-order chi connectivity index (χ1) is 11.2. The number of para-hydroxylation sites is 1. The number of esters is 1. The normalized spacial score (nSPS) is 10.6. The summed E-state index contributed by atoms with van der Waals surface area (Å²) in [4.78, 5) is 18.0. The van der Waals surface area contributed by atoms with Gasteiger partial charge in [0.25, 0.3) is 0 Å². The van der Waals surface area contributed by atoms with E-state index in [1.165, 1.54) is 7.11 Å². The summed E-state index contributed by atoms with van der Waals surface area (Å²) in [5.41, 5.74) is 2.20. The van der Waals surface area contributed by atoms with Gasteiger partial charge in [-0.05, 0) is 31.2 Å². The van der Waals surface area contributed by atoms with Crippen LogP contribution in [0.5, 0.6) is 5.75 Å². The Bertz CT molecular complexity index is 684. The molecule has 0 fully saturated rings. The van der Waals surface area contributed by atoms with Crippen LogP contribution >= 0.6 is 0 Å². The lowest BCUT2D eigenvalue weighted by molar-refractivity contribution is 0.0523. The number of benzene rings is 2. The fraction of sp³-hybridized carbons (Fsp3) is 0.222. The Morgan fingerprint density at radius 2 is 1.91 bits per heavy atom. The van der Waals surface area contributed by atoms with E-state index in [0.29, 0.717) is 17.9 Å². The van der Waals surface area contributed by atoms with Crippen molar-refractivity contribution in [3.63, 3.8) is 0 Å². The zero-order valence-corrected chi connectivity index (χ0v) is 13.5. The number of hydrogen-bond acceptors (Lipinski definition) is 4. The van der Waals surface area contributed by atoms with Gasteiger partial charge in [0.05, 0.1) is 25.7 Å². The molecule has 0 aliphatic heterocycles. The molecule has 5 nitrogen and oxygen atoms in total. The minimum absolute atomic E-state index is 0.322. The molecule has 0 unspecified atom stereocenters. The summed E-state index contributed by atoms with van der Waals surface area (Å²) in [5, 5.41) is 0. The van der Waals surface area contributed by atoms with Gasteiger partial charge in [-0.25, -0.2) is 4.79 Å². The van der Waals surface area contributed by atoms with E-state index in [9.17, 15) is 4.79 Å². The zero-order chi connectivity index (χ0) is 16.7. The third-order valence-corrected chi connectivity index (χ3v) is 3.22. The highest BCUT2D eigenvalue weighted by Crippen LogP contribution is 2.30. The topological polar surface area (TPSA) is 51.1 Å². The second-order valence-corrected chi connectivity index (χ2v) is 4.68. The number of aliphatic imine (C=N–C) groups is 1. The molecule has 0 aliphatic rings. The summed E-state index contributed by atoms with van der Waals surface area (Å²) in [5.74, 6) is 0.0673. The van der Waals surface area contributed by atoms with Crippen LogP contribution in [0, 0.1) is 0 Å². The van der Waals surface area contributed by atoms with Crippen LogP contribution in [0.3, 0.4) is 0 Å².